The van der Waals surface area contributed by atoms with E-state index in [1.54, 1.807) is 44.2 Å². The number of carbonyl (C=O) groups is 2. The number of esters is 1. The molecule has 0 bridgehead atoms. The Balaban J connectivity index is 1.83. The van der Waals surface area contributed by atoms with Crippen molar-refractivity contribution in [3.05, 3.63) is 47.4 Å². The Hall–Kier alpha value is -2.96. The van der Waals surface area contributed by atoms with Gasteiger partial charge in [-0.05, 0) is 45.2 Å². The predicted molar refractivity (Wildman–Crippen MR) is 103 cm³/mol. The predicted octanol–water partition coefficient (Wildman–Crippen LogP) is 3.20. The number of nitrogens with one attached hydrogen (secondary N) is 1. The van der Waals surface area contributed by atoms with E-state index in [0.29, 0.717) is 17.1 Å². The molecule has 1 aliphatic heterocycles. The van der Waals surface area contributed by atoms with Crippen molar-refractivity contribution in [2.24, 2.45) is 0 Å². The van der Waals surface area contributed by atoms with Crippen LogP contribution in [0.3, 0.4) is 0 Å². The molecule has 1 N–H and O–H groups in total. The quantitative estimate of drug-likeness (QED) is 0.816. The normalized spacial score (nSPS) is 13.9. The van der Waals surface area contributed by atoms with Crippen LogP contribution >= 0.6 is 0 Å². The summed E-state index contributed by atoms with van der Waals surface area (Å²) in [6, 6.07) is 8.48. The van der Waals surface area contributed by atoms with Gasteiger partial charge >= 0.3 is 5.97 Å². The molecule has 7 nitrogen and oxygen atoms in total. The van der Waals surface area contributed by atoms with Gasteiger partial charge in [-0.25, -0.2) is 14.8 Å². The fourth-order valence-corrected chi connectivity index (χ4v) is 3.12. The molecule has 142 valence electrons. The van der Waals surface area contributed by atoms with Gasteiger partial charge in [0, 0.05) is 19.2 Å². The molecule has 0 radical (unpaired) electrons. The van der Waals surface area contributed by atoms with Gasteiger partial charge in [0.15, 0.2) is 0 Å². The van der Waals surface area contributed by atoms with Gasteiger partial charge in [-0.1, -0.05) is 12.1 Å². The van der Waals surface area contributed by atoms with E-state index in [2.05, 4.69) is 20.2 Å². The number of piperidine rings is 1. The molecular formula is C20H24N4O3. The third-order valence-corrected chi connectivity index (χ3v) is 4.41. The molecule has 0 atom stereocenters. The molecule has 27 heavy (non-hydrogen) atoms. The largest absolute Gasteiger partial charge is 0.462 e. The Kier molecular flexibility index (Phi) is 6.01. The summed E-state index contributed by atoms with van der Waals surface area (Å²) in [4.78, 5) is 35.8. The van der Waals surface area contributed by atoms with Crippen LogP contribution in [0.2, 0.25) is 0 Å². The lowest BCUT2D eigenvalue weighted by atomic mass is 10.1. The second-order valence-electron chi connectivity index (χ2n) is 6.43. The standard InChI is InChI=1S/C20H24N4O3/c1-3-27-20(26)15-9-5-6-10-16(15)23-19(25)17-13-18(22-14(2)21-17)24-11-7-4-8-12-24/h5-6,9-10,13H,3-4,7-8,11-12H2,1-2H3,(H,23,25). The van der Waals surface area contributed by atoms with Crippen LogP contribution in [-0.4, -0.2) is 41.5 Å². The summed E-state index contributed by atoms with van der Waals surface area (Å²) in [7, 11) is 0. The average Bonchev–Trinajstić information content (AvgIpc) is 2.68. The number of amides is 1. The number of para-hydroxylation sites is 1. The molecule has 3 rings (SSSR count). The van der Waals surface area contributed by atoms with Gasteiger partial charge in [0.05, 0.1) is 17.9 Å². The fraction of sp³-hybridized carbons (Fsp3) is 0.400. The number of carbonyl (C=O) groups excluding carboxylic acids is 2. The number of hydrogen-bond acceptors (Lipinski definition) is 6. The van der Waals surface area contributed by atoms with Crippen LogP contribution in [0.5, 0.6) is 0 Å². The zero-order valence-electron chi connectivity index (χ0n) is 15.7. The molecule has 1 aromatic carbocycles. The van der Waals surface area contributed by atoms with Gasteiger partial charge in [0.25, 0.3) is 5.91 Å². The van der Waals surface area contributed by atoms with Crippen LogP contribution in [0.15, 0.2) is 30.3 Å². The van der Waals surface area contributed by atoms with E-state index in [4.69, 9.17) is 4.74 Å². The fourth-order valence-electron chi connectivity index (χ4n) is 3.12. The maximum atomic E-state index is 12.8. The first-order chi connectivity index (χ1) is 13.1. The van der Waals surface area contributed by atoms with Crippen molar-refractivity contribution in [1.29, 1.82) is 0 Å². The van der Waals surface area contributed by atoms with Crippen molar-refractivity contribution in [3.8, 4) is 0 Å². The van der Waals surface area contributed by atoms with Crippen molar-refractivity contribution in [2.45, 2.75) is 33.1 Å². The number of nitrogens with zero attached hydrogens (tertiary/aromatic N) is 3. The summed E-state index contributed by atoms with van der Waals surface area (Å²) in [5.74, 6) is 0.463. The Morgan fingerprint density at radius 3 is 2.63 bits per heavy atom. The highest BCUT2D eigenvalue weighted by atomic mass is 16.5. The molecule has 1 amide bonds. The SMILES string of the molecule is CCOC(=O)c1ccccc1NC(=O)c1cc(N2CCCCC2)nc(C)n1. The summed E-state index contributed by atoms with van der Waals surface area (Å²) in [5, 5.41) is 2.77. The van der Waals surface area contributed by atoms with Crippen molar-refractivity contribution in [3.63, 3.8) is 0 Å². The lowest BCUT2D eigenvalue weighted by Crippen LogP contribution is -2.31. The van der Waals surface area contributed by atoms with Crippen molar-refractivity contribution < 1.29 is 14.3 Å². The molecule has 2 heterocycles. The van der Waals surface area contributed by atoms with Gasteiger partial charge in [0.2, 0.25) is 0 Å². The number of aromatic nitrogens is 2. The van der Waals surface area contributed by atoms with E-state index in [9.17, 15) is 9.59 Å². The van der Waals surface area contributed by atoms with Gasteiger partial charge < -0.3 is 15.0 Å². The zero-order chi connectivity index (χ0) is 19.2. The highest BCUT2D eigenvalue weighted by Gasteiger charge is 2.19. The van der Waals surface area contributed by atoms with Crippen LogP contribution < -0.4 is 10.2 Å². The van der Waals surface area contributed by atoms with Gasteiger partial charge in [-0.3, -0.25) is 4.79 Å². The third-order valence-electron chi connectivity index (χ3n) is 4.41. The first-order valence-electron chi connectivity index (χ1n) is 9.26. The van der Waals surface area contributed by atoms with Crippen LogP contribution in [-0.2, 0) is 4.74 Å². The van der Waals surface area contributed by atoms with E-state index in [1.165, 1.54) is 6.42 Å². The molecule has 0 aliphatic carbocycles. The molecule has 0 spiro atoms. The van der Waals surface area contributed by atoms with Gasteiger partial charge in [-0.15, -0.1) is 0 Å². The molecule has 2 aromatic rings. The molecule has 1 fully saturated rings. The highest BCUT2D eigenvalue weighted by molar-refractivity contribution is 6.07. The van der Waals surface area contributed by atoms with Crippen LogP contribution in [0.4, 0.5) is 11.5 Å². The average molecular weight is 368 g/mol. The Labute approximate surface area is 158 Å². The smallest absolute Gasteiger partial charge is 0.340 e. The maximum absolute atomic E-state index is 12.8. The number of hydrogen-bond donors (Lipinski definition) is 1. The number of rotatable bonds is 5. The van der Waals surface area contributed by atoms with Crippen molar-refractivity contribution in [1.82, 2.24) is 9.97 Å². The summed E-state index contributed by atoms with van der Waals surface area (Å²) >= 11 is 0. The van der Waals surface area contributed by atoms with Crippen molar-refractivity contribution in [2.75, 3.05) is 29.9 Å². The Bertz CT molecular complexity index is 832. The maximum Gasteiger partial charge on any atom is 0.340 e. The van der Waals surface area contributed by atoms with Crippen LogP contribution in [0.1, 0.15) is 52.9 Å². The molecule has 1 saturated heterocycles. The first-order valence-corrected chi connectivity index (χ1v) is 9.26. The lowest BCUT2D eigenvalue weighted by Gasteiger charge is -2.28. The molecule has 0 unspecified atom stereocenters. The van der Waals surface area contributed by atoms with Gasteiger partial charge in [-0.2, -0.15) is 0 Å². The number of ether oxygens (including phenoxy) is 1. The monoisotopic (exact) mass is 368 g/mol. The van der Waals surface area contributed by atoms with Crippen LogP contribution in [0.25, 0.3) is 0 Å². The molecule has 7 heteroatoms. The minimum Gasteiger partial charge on any atom is -0.462 e. The number of anilines is 2. The lowest BCUT2D eigenvalue weighted by molar-refractivity contribution is 0.0527. The summed E-state index contributed by atoms with van der Waals surface area (Å²) in [5.41, 5.74) is 0.994. The topological polar surface area (TPSA) is 84.4 Å². The third kappa shape index (κ3) is 4.61. The minimum absolute atomic E-state index is 0.269. The summed E-state index contributed by atoms with van der Waals surface area (Å²) in [6.07, 6.45) is 3.47. The van der Waals surface area contributed by atoms with E-state index in [1.807, 2.05) is 0 Å². The van der Waals surface area contributed by atoms with E-state index >= 15 is 0 Å². The molecule has 1 aromatic heterocycles. The van der Waals surface area contributed by atoms with Crippen LogP contribution in [0, 0.1) is 6.92 Å². The second kappa shape index (κ2) is 8.62. The van der Waals surface area contributed by atoms with Gasteiger partial charge in [0.1, 0.15) is 17.3 Å². The Morgan fingerprint density at radius 1 is 1.15 bits per heavy atom. The zero-order valence-corrected chi connectivity index (χ0v) is 15.7. The van der Waals surface area contributed by atoms with Crippen molar-refractivity contribution >= 4 is 23.4 Å². The minimum atomic E-state index is -0.471. The number of aryl methyl sites for hydroxylation is 1. The van der Waals surface area contributed by atoms with E-state index in [0.717, 1.165) is 31.7 Å². The summed E-state index contributed by atoms with van der Waals surface area (Å²) < 4.78 is 5.05. The first kappa shape index (κ1) is 18.8. The molecule has 0 saturated carbocycles. The summed E-state index contributed by atoms with van der Waals surface area (Å²) in [6.45, 7) is 5.65. The highest BCUT2D eigenvalue weighted by Crippen LogP contribution is 2.20. The molecular weight excluding hydrogens is 344 g/mol. The van der Waals surface area contributed by atoms with E-state index < -0.39 is 5.97 Å². The Morgan fingerprint density at radius 2 is 1.89 bits per heavy atom. The number of benzene rings is 1. The van der Waals surface area contributed by atoms with E-state index in [-0.39, 0.29) is 18.2 Å². The second-order valence-corrected chi connectivity index (χ2v) is 6.43. The molecule has 1 aliphatic rings.